The average molecular weight is 370 g/mol. The van der Waals surface area contributed by atoms with Crippen molar-refractivity contribution < 1.29 is 9.50 Å². The number of pyridine rings is 2. The molecule has 3 aromatic heterocycles. The molecule has 0 radical (unpaired) electrons. The maximum Gasteiger partial charge on any atom is 0.157 e. The van der Waals surface area contributed by atoms with Crippen LogP contribution in [-0.2, 0) is 6.61 Å². The molecule has 0 saturated heterocycles. The first-order valence-electron chi connectivity index (χ1n) is 7.77. The monoisotopic (exact) mass is 369 g/mol. The highest BCUT2D eigenvalue weighted by atomic mass is 35.5. The lowest BCUT2D eigenvalue weighted by Gasteiger charge is -2.06. The number of aromatic nitrogens is 4. The Morgan fingerprint density at radius 2 is 2.04 bits per heavy atom. The molecule has 0 aliphatic rings. The van der Waals surface area contributed by atoms with E-state index in [1.807, 2.05) is 0 Å². The molecule has 3 N–H and O–H groups in total. The third-order valence-electron chi connectivity index (χ3n) is 3.86. The summed E-state index contributed by atoms with van der Waals surface area (Å²) in [6.07, 6.45) is 3.17. The Morgan fingerprint density at radius 3 is 2.77 bits per heavy atom. The lowest BCUT2D eigenvalue weighted by Crippen LogP contribution is -1.97. The van der Waals surface area contributed by atoms with Gasteiger partial charge in [-0.05, 0) is 29.8 Å². The Morgan fingerprint density at radius 1 is 1.15 bits per heavy atom. The number of H-pyrrole nitrogens is 1. The number of hydrogen-bond donors (Lipinski definition) is 3. The summed E-state index contributed by atoms with van der Waals surface area (Å²) >= 11 is 6.13. The predicted octanol–water partition coefficient (Wildman–Crippen LogP) is 4.05. The van der Waals surface area contributed by atoms with Gasteiger partial charge in [0.1, 0.15) is 23.0 Å². The Balaban J connectivity index is 1.76. The first kappa shape index (κ1) is 16.4. The molecule has 4 aromatic rings. The number of nitrogens with zero attached hydrogens (tertiary/aromatic N) is 3. The van der Waals surface area contributed by atoms with Crippen LogP contribution >= 0.6 is 11.6 Å². The van der Waals surface area contributed by atoms with Gasteiger partial charge < -0.3 is 15.4 Å². The zero-order valence-corrected chi connectivity index (χ0v) is 14.1. The van der Waals surface area contributed by atoms with E-state index in [0.717, 1.165) is 0 Å². The fraction of sp³-hybridized carbons (Fsp3) is 0.0556. The van der Waals surface area contributed by atoms with Crippen molar-refractivity contribution in [2.45, 2.75) is 6.61 Å². The van der Waals surface area contributed by atoms with Crippen LogP contribution in [-0.4, -0.2) is 25.0 Å². The lowest BCUT2D eigenvalue weighted by molar-refractivity contribution is 0.281. The van der Waals surface area contributed by atoms with Gasteiger partial charge >= 0.3 is 0 Å². The number of aliphatic hydroxyl groups excluding tert-OH is 1. The van der Waals surface area contributed by atoms with Gasteiger partial charge in [0.05, 0.1) is 22.7 Å². The molecule has 6 nitrogen and oxygen atoms in total. The minimum absolute atomic E-state index is 0.0750. The fourth-order valence-corrected chi connectivity index (χ4v) is 2.84. The Bertz CT molecular complexity index is 1060. The van der Waals surface area contributed by atoms with Gasteiger partial charge in [-0.1, -0.05) is 23.7 Å². The average Bonchev–Trinajstić information content (AvgIpc) is 3.07. The summed E-state index contributed by atoms with van der Waals surface area (Å²) in [6.45, 7) is -0.0750. The van der Waals surface area contributed by atoms with E-state index in [4.69, 9.17) is 16.7 Å². The van der Waals surface area contributed by atoms with Crippen LogP contribution in [0.3, 0.4) is 0 Å². The Hall–Kier alpha value is -3.03. The zero-order valence-electron chi connectivity index (χ0n) is 13.4. The van der Waals surface area contributed by atoms with Crippen LogP contribution in [0.15, 0.2) is 48.8 Å². The van der Waals surface area contributed by atoms with Crippen molar-refractivity contribution in [2.24, 2.45) is 0 Å². The van der Waals surface area contributed by atoms with E-state index in [9.17, 15) is 4.39 Å². The van der Waals surface area contributed by atoms with Crippen molar-refractivity contribution in [3.05, 3.63) is 65.2 Å². The van der Waals surface area contributed by atoms with Gasteiger partial charge in [-0.15, -0.1) is 0 Å². The van der Waals surface area contributed by atoms with Crippen LogP contribution in [0.1, 0.15) is 5.56 Å². The molecular formula is C18H13ClFN5O. The SMILES string of the molecule is OCc1ccc(Nc2nccc3nc(-c4c(F)cccc4Cl)[nH]c23)nc1. The molecule has 0 unspecified atom stereocenters. The maximum absolute atomic E-state index is 14.2. The van der Waals surface area contributed by atoms with Gasteiger partial charge in [0, 0.05) is 12.4 Å². The van der Waals surface area contributed by atoms with E-state index < -0.39 is 5.82 Å². The van der Waals surface area contributed by atoms with Crippen molar-refractivity contribution in [3.63, 3.8) is 0 Å². The molecular weight excluding hydrogens is 357 g/mol. The van der Waals surface area contributed by atoms with E-state index in [-0.39, 0.29) is 17.2 Å². The normalized spacial score (nSPS) is 11.0. The summed E-state index contributed by atoms with van der Waals surface area (Å²) in [6, 6.07) is 9.69. The van der Waals surface area contributed by atoms with E-state index in [2.05, 4.69) is 25.3 Å². The summed E-state index contributed by atoms with van der Waals surface area (Å²) in [5, 5.41) is 12.4. The van der Waals surface area contributed by atoms with Gasteiger partial charge in [0.25, 0.3) is 0 Å². The molecule has 0 bridgehead atoms. The summed E-state index contributed by atoms with van der Waals surface area (Å²) in [5.41, 5.74) is 2.14. The van der Waals surface area contributed by atoms with Crippen LogP contribution in [0.4, 0.5) is 16.0 Å². The maximum atomic E-state index is 14.2. The topological polar surface area (TPSA) is 86.7 Å². The highest BCUT2D eigenvalue weighted by molar-refractivity contribution is 6.33. The summed E-state index contributed by atoms with van der Waals surface area (Å²) in [5.74, 6) is 0.920. The number of rotatable bonds is 4. The number of aromatic amines is 1. The van der Waals surface area contributed by atoms with Crippen molar-refractivity contribution in [1.82, 2.24) is 19.9 Å². The summed E-state index contributed by atoms with van der Waals surface area (Å²) in [4.78, 5) is 16.0. The minimum atomic E-state index is -0.458. The molecule has 26 heavy (non-hydrogen) atoms. The molecule has 0 saturated carbocycles. The molecule has 130 valence electrons. The molecule has 0 amide bonds. The molecule has 0 fully saturated rings. The second-order valence-electron chi connectivity index (χ2n) is 5.57. The van der Waals surface area contributed by atoms with Gasteiger partial charge in [-0.3, -0.25) is 0 Å². The van der Waals surface area contributed by atoms with E-state index in [1.165, 1.54) is 6.07 Å². The summed E-state index contributed by atoms with van der Waals surface area (Å²) < 4.78 is 14.2. The molecule has 0 atom stereocenters. The number of imidazole rings is 1. The molecule has 0 spiro atoms. The zero-order chi connectivity index (χ0) is 18.1. The van der Waals surface area contributed by atoms with Gasteiger partial charge in [-0.2, -0.15) is 0 Å². The molecule has 8 heteroatoms. The van der Waals surface area contributed by atoms with Crippen LogP contribution in [0.2, 0.25) is 5.02 Å². The Labute approximate surface area is 152 Å². The largest absolute Gasteiger partial charge is 0.392 e. The third kappa shape index (κ3) is 2.98. The van der Waals surface area contributed by atoms with Crippen molar-refractivity contribution in [1.29, 1.82) is 0 Å². The van der Waals surface area contributed by atoms with Crippen LogP contribution in [0.25, 0.3) is 22.4 Å². The molecule has 3 heterocycles. The molecule has 4 rings (SSSR count). The second-order valence-corrected chi connectivity index (χ2v) is 5.98. The van der Waals surface area contributed by atoms with Crippen LogP contribution < -0.4 is 5.32 Å². The second kappa shape index (κ2) is 6.70. The minimum Gasteiger partial charge on any atom is -0.392 e. The number of halogens is 2. The molecule has 1 aromatic carbocycles. The number of nitrogens with one attached hydrogen (secondary N) is 2. The summed E-state index contributed by atoms with van der Waals surface area (Å²) in [7, 11) is 0. The lowest BCUT2D eigenvalue weighted by atomic mass is 10.2. The smallest absolute Gasteiger partial charge is 0.157 e. The third-order valence-corrected chi connectivity index (χ3v) is 4.17. The number of benzene rings is 1. The molecule has 0 aliphatic heterocycles. The highest BCUT2D eigenvalue weighted by Crippen LogP contribution is 2.31. The first-order chi connectivity index (χ1) is 12.7. The van der Waals surface area contributed by atoms with Gasteiger partial charge in [0.2, 0.25) is 0 Å². The fourth-order valence-electron chi connectivity index (χ4n) is 2.59. The van der Waals surface area contributed by atoms with Crippen molar-refractivity contribution >= 4 is 34.3 Å². The quantitative estimate of drug-likeness (QED) is 0.505. The van der Waals surface area contributed by atoms with Crippen LogP contribution in [0.5, 0.6) is 0 Å². The number of hydrogen-bond acceptors (Lipinski definition) is 5. The van der Waals surface area contributed by atoms with Gasteiger partial charge in [0.15, 0.2) is 5.82 Å². The first-order valence-corrected chi connectivity index (χ1v) is 8.15. The Kier molecular flexibility index (Phi) is 4.24. The van der Waals surface area contributed by atoms with E-state index in [1.54, 1.807) is 42.7 Å². The molecule has 0 aliphatic carbocycles. The predicted molar refractivity (Wildman–Crippen MR) is 97.7 cm³/mol. The van der Waals surface area contributed by atoms with E-state index in [0.29, 0.717) is 34.1 Å². The van der Waals surface area contributed by atoms with Crippen molar-refractivity contribution in [3.8, 4) is 11.4 Å². The van der Waals surface area contributed by atoms with Crippen molar-refractivity contribution in [2.75, 3.05) is 5.32 Å². The standard InChI is InChI=1S/C18H13ClFN5O/c19-11-2-1-3-12(20)15(11)17-23-13-6-7-21-18(16(13)25-17)24-14-5-4-10(9-26)8-22-14/h1-8,26H,9H2,(H,23,25)(H,21,22,24). The number of anilines is 2. The number of aliphatic hydroxyl groups is 1. The van der Waals surface area contributed by atoms with E-state index >= 15 is 0 Å². The van der Waals surface area contributed by atoms with Gasteiger partial charge in [-0.25, -0.2) is 19.3 Å². The number of fused-ring (bicyclic) bond motifs is 1. The highest BCUT2D eigenvalue weighted by Gasteiger charge is 2.16. The van der Waals surface area contributed by atoms with Crippen LogP contribution in [0, 0.1) is 5.82 Å².